The minimum absolute atomic E-state index is 0. The largest absolute Gasteiger partial charge is 0.358 e. The van der Waals surface area contributed by atoms with Gasteiger partial charge in [0.05, 0.1) is 12.1 Å². The van der Waals surface area contributed by atoms with E-state index in [-0.39, 0.29) is 24.0 Å². The van der Waals surface area contributed by atoms with Crippen LogP contribution >= 0.6 is 24.0 Å². The molecule has 0 saturated heterocycles. The Kier molecular flexibility index (Phi) is 6.75. The van der Waals surface area contributed by atoms with Crippen molar-refractivity contribution >= 4 is 40.8 Å². The highest BCUT2D eigenvalue weighted by molar-refractivity contribution is 14.0. The Balaban J connectivity index is 0.00000242. The number of aromatic amines is 1. The second-order valence-corrected chi connectivity index (χ2v) is 5.21. The van der Waals surface area contributed by atoms with E-state index in [1.807, 2.05) is 0 Å². The van der Waals surface area contributed by atoms with Crippen LogP contribution < -0.4 is 10.6 Å². The van der Waals surface area contributed by atoms with Crippen LogP contribution in [0.3, 0.4) is 0 Å². The van der Waals surface area contributed by atoms with Crippen LogP contribution in [0.25, 0.3) is 10.9 Å². The van der Waals surface area contributed by atoms with Crippen LogP contribution in [0.4, 0.5) is 0 Å². The summed E-state index contributed by atoms with van der Waals surface area (Å²) in [5.41, 5.74) is 6.20. The number of H-pyrrole nitrogens is 1. The van der Waals surface area contributed by atoms with E-state index in [4.69, 9.17) is 6.42 Å². The molecule has 0 aliphatic rings. The topological polar surface area (TPSA) is 52.2 Å². The lowest BCUT2D eigenvalue weighted by molar-refractivity contribution is 0.854. The molecule has 0 fully saturated rings. The van der Waals surface area contributed by atoms with E-state index in [0.717, 1.165) is 0 Å². The molecule has 5 heteroatoms. The smallest absolute Gasteiger partial charge is 0.192 e. The number of aromatic nitrogens is 1. The summed E-state index contributed by atoms with van der Waals surface area (Å²) in [7, 11) is 1.74. The number of terminal acetylenes is 1. The second-order valence-electron chi connectivity index (χ2n) is 5.21. The van der Waals surface area contributed by atoms with Crippen LogP contribution in [0.5, 0.6) is 0 Å². The van der Waals surface area contributed by atoms with Crippen molar-refractivity contribution in [2.24, 2.45) is 4.99 Å². The minimum Gasteiger partial charge on any atom is -0.358 e. The first kappa shape index (κ1) is 18.4. The zero-order valence-electron chi connectivity index (χ0n) is 13.5. The zero-order chi connectivity index (χ0) is 15.4. The Morgan fingerprint density at radius 2 is 2.00 bits per heavy atom. The first-order valence-electron chi connectivity index (χ1n) is 7.03. The van der Waals surface area contributed by atoms with Crippen molar-refractivity contribution in [3.8, 4) is 12.3 Å². The van der Waals surface area contributed by atoms with Crippen LogP contribution in [-0.2, 0) is 6.54 Å². The Morgan fingerprint density at radius 1 is 1.27 bits per heavy atom. The minimum atomic E-state index is 0. The summed E-state index contributed by atoms with van der Waals surface area (Å²) in [5, 5.41) is 7.64. The lowest BCUT2D eigenvalue weighted by Gasteiger charge is -2.11. The molecule has 22 heavy (non-hydrogen) atoms. The molecular weight excluding hydrogens is 387 g/mol. The molecule has 0 saturated carbocycles. The predicted octanol–water partition coefficient (Wildman–Crippen LogP) is 3.01. The van der Waals surface area contributed by atoms with E-state index < -0.39 is 0 Å². The van der Waals surface area contributed by atoms with Gasteiger partial charge in [-0.15, -0.1) is 30.4 Å². The molecule has 2 aromatic rings. The maximum atomic E-state index is 5.25. The van der Waals surface area contributed by atoms with Crippen molar-refractivity contribution in [1.29, 1.82) is 0 Å². The second kappa shape index (κ2) is 8.08. The number of halogens is 1. The molecule has 2 rings (SSSR count). The maximum absolute atomic E-state index is 5.25. The SMILES string of the molecule is C#CCNC(=NC)NCc1cc(C)cc2c(C)c(C)[nH]c12.I. The highest BCUT2D eigenvalue weighted by atomic mass is 127. The van der Waals surface area contributed by atoms with Crippen LogP contribution in [0.2, 0.25) is 0 Å². The molecule has 1 aromatic carbocycles. The summed E-state index contributed by atoms with van der Waals surface area (Å²) in [6.07, 6.45) is 5.25. The number of rotatable bonds is 3. The van der Waals surface area contributed by atoms with Gasteiger partial charge in [0.2, 0.25) is 0 Å². The zero-order valence-corrected chi connectivity index (χ0v) is 15.8. The van der Waals surface area contributed by atoms with Crippen LogP contribution in [0, 0.1) is 33.1 Å². The van der Waals surface area contributed by atoms with Gasteiger partial charge < -0.3 is 15.6 Å². The highest BCUT2D eigenvalue weighted by Crippen LogP contribution is 2.25. The molecule has 0 radical (unpaired) electrons. The summed E-state index contributed by atoms with van der Waals surface area (Å²) in [6.45, 7) is 7.54. The molecule has 4 nitrogen and oxygen atoms in total. The van der Waals surface area contributed by atoms with Gasteiger partial charge in [-0.2, -0.15) is 0 Å². The number of fused-ring (bicyclic) bond motifs is 1. The van der Waals surface area contributed by atoms with Crippen molar-refractivity contribution in [3.63, 3.8) is 0 Å². The van der Waals surface area contributed by atoms with Gasteiger partial charge in [-0.25, -0.2) is 0 Å². The Labute approximate surface area is 149 Å². The molecule has 0 unspecified atom stereocenters. The fraction of sp³-hybridized carbons (Fsp3) is 0.353. The monoisotopic (exact) mass is 410 g/mol. The van der Waals surface area contributed by atoms with Crippen molar-refractivity contribution < 1.29 is 0 Å². The van der Waals surface area contributed by atoms with E-state index in [1.54, 1.807) is 7.05 Å². The Hall–Kier alpha value is -1.68. The number of hydrogen-bond acceptors (Lipinski definition) is 1. The van der Waals surface area contributed by atoms with E-state index >= 15 is 0 Å². The average Bonchev–Trinajstić information content (AvgIpc) is 2.75. The predicted molar refractivity (Wildman–Crippen MR) is 105 cm³/mol. The van der Waals surface area contributed by atoms with Crippen LogP contribution in [-0.4, -0.2) is 24.5 Å². The number of nitrogens with one attached hydrogen (secondary N) is 3. The maximum Gasteiger partial charge on any atom is 0.192 e. The first-order chi connectivity index (χ1) is 10.1. The van der Waals surface area contributed by atoms with Gasteiger partial charge in [-0.3, -0.25) is 4.99 Å². The molecule has 0 aliphatic heterocycles. The van der Waals surface area contributed by atoms with Gasteiger partial charge >= 0.3 is 0 Å². The number of nitrogens with zero attached hydrogens (tertiary/aromatic N) is 1. The Bertz CT molecular complexity index is 722. The summed E-state index contributed by atoms with van der Waals surface area (Å²) >= 11 is 0. The van der Waals surface area contributed by atoms with Crippen molar-refractivity contribution in [3.05, 3.63) is 34.5 Å². The third-order valence-corrected chi connectivity index (χ3v) is 3.67. The molecule has 0 atom stereocenters. The fourth-order valence-electron chi connectivity index (χ4n) is 2.46. The van der Waals surface area contributed by atoms with Crippen LogP contribution in [0.1, 0.15) is 22.4 Å². The average molecular weight is 410 g/mol. The molecule has 0 bridgehead atoms. The quantitative estimate of drug-likeness (QED) is 0.316. The van der Waals surface area contributed by atoms with Crippen molar-refractivity contribution in [2.45, 2.75) is 27.3 Å². The molecule has 1 heterocycles. The van der Waals surface area contributed by atoms with Gasteiger partial charge in [0.25, 0.3) is 0 Å². The van der Waals surface area contributed by atoms with E-state index in [2.05, 4.69) is 59.4 Å². The van der Waals surface area contributed by atoms with Crippen molar-refractivity contribution in [2.75, 3.05) is 13.6 Å². The molecule has 3 N–H and O–H groups in total. The lowest BCUT2D eigenvalue weighted by Crippen LogP contribution is -2.36. The van der Waals surface area contributed by atoms with E-state index in [1.165, 1.54) is 33.3 Å². The normalized spacial score (nSPS) is 11.0. The van der Waals surface area contributed by atoms with E-state index in [0.29, 0.717) is 19.0 Å². The molecule has 0 amide bonds. The van der Waals surface area contributed by atoms with Gasteiger partial charge in [0, 0.05) is 24.7 Å². The number of benzene rings is 1. The lowest BCUT2D eigenvalue weighted by atomic mass is 10.0. The first-order valence-corrected chi connectivity index (χ1v) is 7.03. The third-order valence-electron chi connectivity index (χ3n) is 3.67. The molecule has 118 valence electrons. The number of hydrogen-bond donors (Lipinski definition) is 3. The van der Waals surface area contributed by atoms with Gasteiger partial charge in [-0.1, -0.05) is 17.6 Å². The third kappa shape index (κ3) is 3.95. The van der Waals surface area contributed by atoms with Crippen LogP contribution in [0.15, 0.2) is 17.1 Å². The molecular formula is C17H23IN4. The van der Waals surface area contributed by atoms with Gasteiger partial charge in [-0.05, 0) is 38.0 Å². The summed E-state index contributed by atoms with van der Waals surface area (Å²) < 4.78 is 0. The standard InChI is InChI=1S/C17H22N4.HI/c1-6-7-19-17(18-5)20-10-14-8-11(2)9-15-12(3)13(4)21-16(14)15;/h1,8-9,21H,7,10H2,2-5H3,(H2,18,19,20);1H. The van der Waals surface area contributed by atoms with Gasteiger partial charge in [0.1, 0.15) is 0 Å². The van der Waals surface area contributed by atoms with Gasteiger partial charge in [0.15, 0.2) is 5.96 Å². The molecule has 0 aliphatic carbocycles. The van der Waals surface area contributed by atoms with Crippen molar-refractivity contribution in [1.82, 2.24) is 15.6 Å². The van der Waals surface area contributed by atoms with E-state index in [9.17, 15) is 0 Å². The highest BCUT2D eigenvalue weighted by Gasteiger charge is 2.09. The number of guanidine groups is 1. The molecule has 1 aromatic heterocycles. The number of aliphatic imine (C=N–C) groups is 1. The fourth-order valence-corrected chi connectivity index (χ4v) is 2.46. The summed E-state index contributed by atoms with van der Waals surface area (Å²) in [4.78, 5) is 7.63. The Morgan fingerprint density at radius 3 is 2.64 bits per heavy atom. The summed E-state index contributed by atoms with van der Waals surface area (Å²) in [6, 6.07) is 4.42. The number of aryl methyl sites for hydroxylation is 3. The summed E-state index contributed by atoms with van der Waals surface area (Å²) in [5.74, 6) is 3.25. The molecule has 0 spiro atoms.